The topological polar surface area (TPSA) is 3.24 Å². The summed E-state index contributed by atoms with van der Waals surface area (Å²) in [5, 5.41) is 8.24. The standard InChI is InChI=1S/C50H39NSi/c1-34-29-39(32-41(30-34)52(40-17-5-4-6-18-40)48-23-13-10-20-44(48)45-21-11-14-24-49(45)52)51(37-26-25-35-15-7-8-16-36(35)31-37)38-27-28-43-42-19-9-12-22-46(42)50(2,3)47(43)33-38/h4-33H,1-3H3. The van der Waals surface area contributed by atoms with E-state index in [1.165, 1.54) is 81.8 Å². The largest absolute Gasteiger partial charge is 0.310 e. The molecule has 0 aromatic heterocycles. The maximum atomic E-state index is 2.52. The van der Waals surface area contributed by atoms with Crippen LogP contribution < -0.4 is 25.6 Å². The summed E-state index contributed by atoms with van der Waals surface area (Å²) in [5.74, 6) is 0. The van der Waals surface area contributed by atoms with Crippen molar-refractivity contribution in [2.45, 2.75) is 26.2 Å². The quantitative estimate of drug-likeness (QED) is 0.164. The van der Waals surface area contributed by atoms with Crippen LogP contribution in [-0.4, -0.2) is 8.07 Å². The summed E-state index contributed by atoms with van der Waals surface area (Å²) in [6.45, 7) is 7.02. The fourth-order valence-corrected chi connectivity index (χ4v) is 14.7. The Morgan fingerprint density at radius 3 is 1.73 bits per heavy atom. The Morgan fingerprint density at radius 1 is 0.404 bits per heavy atom. The van der Waals surface area contributed by atoms with E-state index in [0.29, 0.717) is 0 Å². The van der Waals surface area contributed by atoms with Crippen LogP contribution in [0.1, 0.15) is 30.5 Å². The Labute approximate surface area is 307 Å². The molecule has 0 amide bonds. The van der Waals surface area contributed by atoms with Gasteiger partial charge in [-0.3, -0.25) is 0 Å². The molecule has 8 aromatic rings. The Kier molecular flexibility index (Phi) is 6.83. The van der Waals surface area contributed by atoms with Crippen LogP contribution in [0, 0.1) is 6.92 Å². The smallest absolute Gasteiger partial charge is 0.180 e. The predicted octanol–water partition coefficient (Wildman–Crippen LogP) is 10.3. The van der Waals surface area contributed by atoms with Crippen molar-refractivity contribution in [1.29, 1.82) is 0 Å². The molecule has 0 unspecified atom stereocenters. The van der Waals surface area contributed by atoms with Crippen LogP contribution in [-0.2, 0) is 5.41 Å². The molecule has 1 aliphatic heterocycles. The highest BCUT2D eigenvalue weighted by molar-refractivity contribution is 7.22. The van der Waals surface area contributed by atoms with Crippen molar-refractivity contribution < 1.29 is 0 Å². The third kappa shape index (κ3) is 4.41. The van der Waals surface area contributed by atoms with Crippen molar-refractivity contribution in [2.24, 2.45) is 0 Å². The molecule has 8 aromatic carbocycles. The monoisotopic (exact) mass is 681 g/mol. The number of anilines is 3. The minimum Gasteiger partial charge on any atom is -0.310 e. The van der Waals surface area contributed by atoms with Gasteiger partial charge in [0, 0.05) is 22.5 Å². The first-order valence-electron chi connectivity index (χ1n) is 18.3. The van der Waals surface area contributed by atoms with Crippen molar-refractivity contribution in [2.75, 3.05) is 4.90 Å². The molecular weight excluding hydrogens is 643 g/mol. The van der Waals surface area contributed by atoms with E-state index in [9.17, 15) is 0 Å². The van der Waals surface area contributed by atoms with Crippen molar-refractivity contribution in [3.63, 3.8) is 0 Å². The predicted molar refractivity (Wildman–Crippen MR) is 224 cm³/mol. The summed E-state index contributed by atoms with van der Waals surface area (Å²) in [5.41, 5.74) is 12.9. The van der Waals surface area contributed by atoms with Crippen LogP contribution in [0.15, 0.2) is 182 Å². The number of fused-ring (bicyclic) bond motifs is 7. The first kappa shape index (κ1) is 30.8. The summed E-state index contributed by atoms with van der Waals surface area (Å²) < 4.78 is 0. The van der Waals surface area contributed by atoms with E-state index in [4.69, 9.17) is 0 Å². The Bertz CT molecular complexity index is 2640. The molecule has 52 heavy (non-hydrogen) atoms. The second kappa shape index (κ2) is 11.5. The Hall–Kier alpha value is -5.96. The number of hydrogen-bond donors (Lipinski definition) is 0. The first-order chi connectivity index (χ1) is 25.4. The van der Waals surface area contributed by atoms with Crippen LogP contribution in [0.2, 0.25) is 0 Å². The SMILES string of the molecule is Cc1cc(N(c2ccc3c(c2)C(C)(C)c2ccccc2-3)c2ccc3ccccc3c2)cc([Si]2(c3ccccc3)c3ccccc3-c3ccccc32)c1. The lowest BCUT2D eigenvalue weighted by molar-refractivity contribution is 0.660. The molecule has 0 spiro atoms. The maximum absolute atomic E-state index is 2.69. The van der Waals surface area contributed by atoms with E-state index >= 15 is 0 Å². The van der Waals surface area contributed by atoms with Gasteiger partial charge in [0.25, 0.3) is 0 Å². The van der Waals surface area contributed by atoms with Crippen LogP contribution >= 0.6 is 0 Å². The molecule has 0 bridgehead atoms. The zero-order valence-electron chi connectivity index (χ0n) is 29.8. The molecule has 0 N–H and O–H groups in total. The van der Waals surface area contributed by atoms with Crippen molar-refractivity contribution in [3.05, 3.63) is 199 Å². The third-order valence-corrected chi connectivity index (χ3v) is 16.6. The average Bonchev–Trinajstić information content (AvgIpc) is 3.61. The summed E-state index contributed by atoms with van der Waals surface area (Å²) in [6, 6.07) is 68.7. The number of benzene rings is 8. The molecule has 248 valence electrons. The van der Waals surface area contributed by atoms with E-state index in [0.717, 1.165) is 5.69 Å². The summed E-state index contributed by atoms with van der Waals surface area (Å²) >= 11 is 0. The molecule has 1 nitrogen and oxygen atoms in total. The lowest BCUT2D eigenvalue weighted by Crippen LogP contribution is -2.72. The van der Waals surface area contributed by atoms with Gasteiger partial charge in [0.15, 0.2) is 8.07 Å². The molecule has 2 aliphatic rings. The average molecular weight is 682 g/mol. The highest BCUT2D eigenvalue weighted by Gasteiger charge is 2.48. The maximum Gasteiger partial charge on any atom is 0.180 e. The lowest BCUT2D eigenvalue weighted by atomic mass is 9.82. The van der Waals surface area contributed by atoms with Gasteiger partial charge in [-0.25, -0.2) is 0 Å². The van der Waals surface area contributed by atoms with E-state index in [1.807, 2.05) is 0 Å². The molecule has 1 aliphatic carbocycles. The Balaban J connectivity index is 1.25. The van der Waals surface area contributed by atoms with Gasteiger partial charge in [-0.05, 0) is 114 Å². The number of aryl methyl sites for hydroxylation is 1. The summed E-state index contributed by atoms with van der Waals surface area (Å²) in [6.07, 6.45) is 0. The van der Waals surface area contributed by atoms with Gasteiger partial charge in [-0.15, -0.1) is 0 Å². The normalized spacial score (nSPS) is 14.4. The van der Waals surface area contributed by atoms with Gasteiger partial charge >= 0.3 is 0 Å². The lowest BCUT2D eigenvalue weighted by Gasteiger charge is -2.34. The van der Waals surface area contributed by atoms with Gasteiger partial charge in [0.2, 0.25) is 0 Å². The fraction of sp³-hybridized carbons (Fsp3) is 0.0800. The summed E-state index contributed by atoms with van der Waals surface area (Å²) in [4.78, 5) is 2.50. The minimum absolute atomic E-state index is 0.101. The van der Waals surface area contributed by atoms with E-state index in [1.54, 1.807) is 0 Å². The fourth-order valence-electron chi connectivity index (χ4n) is 9.41. The summed E-state index contributed by atoms with van der Waals surface area (Å²) in [7, 11) is -2.69. The van der Waals surface area contributed by atoms with Crippen LogP contribution in [0.25, 0.3) is 33.0 Å². The van der Waals surface area contributed by atoms with Crippen molar-refractivity contribution >= 4 is 56.7 Å². The Morgan fingerprint density at radius 2 is 0.981 bits per heavy atom. The van der Waals surface area contributed by atoms with Gasteiger partial charge in [0.1, 0.15) is 0 Å². The number of hydrogen-bond acceptors (Lipinski definition) is 1. The highest BCUT2D eigenvalue weighted by atomic mass is 28.3. The van der Waals surface area contributed by atoms with Gasteiger partial charge in [-0.2, -0.15) is 0 Å². The minimum atomic E-state index is -2.69. The van der Waals surface area contributed by atoms with Gasteiger partial charge in [-0.1, -0.05) is 159 Å². The molecule has 0 fully saturated rings. The van der Waals surface area contributed by atoms with E-state index in [-0.39, 0.29) is 5.41 Å². The molecule has 0 atom stereocenters. The van der Waals surface area contributed by atoms with Gasteiger partial charge < -0.3 is 4.90 Å². The zero-order valence-corrected chi connectivity index (χ0v) is 30.8. The van der Waals surface area contributed by atoms with E-state index < -0.39 is 8.07 Å². The van der Waals surface area contributed by atoms with Crippen LogP contribution in [0.4, 0.5) is 17.1 Å². The molecule has 0 saturated heterocycles. The molecule has 0 radical (unpaired) electrons. The second-order valence-corrected chi connectivity index (χ2v) is 18.8. The van der Waals surface area contributed by atoms with Crippen molar-refractivity contribution in [1.82, 2.24) is 0 Å². The number of nitrogens with zero attached hydrogens (tertiary/aromatic N) is 1. The van der Waals surface area contributed by atoms with Crippen molar-refractivity contribution in [3.8, 4) is 22.3 Å². The van der Waals surface area contributed by atoms with Gasteiger partial charge in [0.05, 0.1) is 0 Å². The van der Waals surface area contributed by atoms with Crippen LogP contribution in [0.3, 0.4) is 0 Å². The highest BCUT2D eigenvalue weighted by Crippen LogP contribution is 2.50. The van der Waals surface area contributed by atoms with E-state index in [2.05, 4.69) is 208 Å². The molecule has 10 rings (SSSR count). The molecule has 1 heterocycles. The molecule has 2 heteroatoms. The zero-order chi connectivity index (χ0) is 35.0. The molecular formula is C50H39NSi. The third-order valence-electron chi connectivity index (χ3n) is 11.7. The second-order valence-electron chi connectivity index (χ2n) is 15.0. The number of rotatable bonds is 5. The first-order valence-corrected chi connectivity index (χ1v) is 20.3. The molecule has 0 saturated carbocycles. The van der Waals surface area contributed by atoms with Crippen LogP contribution in [0.5, 0.6) is 0 Å².